The highest BCUT2D eigenvalue weighted by molar-refractivity contribution is 5.93. The molecular weight excluding hydrogens is 344 g/mol. The van der Waals surface area contributed by atoms with Crippen molar-refractivity contribution in [1.29, 1.82) is 0 Å². The van der Waals surface area contributed by atoms with Crippen molar-refractivity contribution in [2.24, 2.45) is 0 Å². The molecule has 136 valence electrons. The molecule has 0 bridgehead atoms. The van der Waals surface area contributed by atoms with Crippen LogP contribution in [0, 0.1) is 10.1 Å². The highest BCUT2D eigenvalue weighted by Gasteiger charge is 2.39. The van der Waals surface area contributed by atoms with E-state index in [1.54, 1.807) is 6.07 Å². The molecule has 2 N–H and O–H groups in total. The first-order valence-corrected chi connectivity index (χ1v) is 7.82. The summed E-state index contributed by atoms with van der Waals surface area (Å²) in [5, 5.41) is 27.0. The van der Waals surface area contributed by atoms with Crippen LogP contribution in [0.3, 0.4) is 0 Å². The van der Waals surface area contributed by atoms with Crippen LogP contribution >= 0.6 is 0 Å². The molecule has 0 saturated carbocycles. The third-order valence-corrected chi connectivity index (χ3v) is 4.12. The molecule has 1 amide bonds. The van der Waals surface area contributed by atoms with Gasteiger partial charge in [0.25, 0.3) is 11.6 Å². The predicted molar refractivity (Wildman–Crippen MR) is 88.1 cm³/mol. The number of aliphatic carboxylic acids is 1. The van der Waals surface area contributed by atoms with E-state index in [2.05, 4.69) is 10.4 Å². The molecule has 1 aromatic carbocycles. The minimum absolute atomic E-state index is 0.0276. The number of carboxylic acids is 1. The molecule has 1 saturated heterocycles. The fraction of sp³-hybridized carbons (Fsp3) is 0.312. The number of carbonyl (C=O) groups excluding carboxylic acids is 1. The Labute approximate surface area is 147 Å². The van der Waals surface area contributed by atoms with Crippen molar-refractivity contribution in [2.45, 2.75) is 18.4 Å². The van der Waals surface area contributed by atoms with Gasteiger partial charge in [-0.05, 0) is 18.6 Å². The summed E-state index contributed by atoms with van der Waals surface area (Å²) in [6, 6.07) is 7.43. The average molecular weight is 360 g/mol. The van der Waals surface area contributed by atoms with Crippen LogP contribution in [0.25, 0.3) is 5.69 Å². The van der Waals surface area contributed by atoms with Crippen LogP contribution in [-0.4, -0.2) is 50.4 Å². The Balaban J connectivity index is 1.83. The Morgan fingerprint density at radius 1 is 1.38 bits per heavy atom. The van der Waals surface area contributed by atoms with Crippen molar-refractivity contribution in [3.05, 3.63) is 52.3 Å². The maximum absolute atomic E-state index is 12.5. The Kier molecular flexibility index (Phi) is 4.67. The van der Waals surface area contributed by atoms with E-state index in [-0.39, 0.29) is 30.1 Å². The number of benzene rings is 1. The van der Waals surface area contributed by atoms with E-state index >= 15 is 0 Å². The van der Waals surface area contributed by atoms with Gasteiger partial charge >= 0.3 is 5.97 Å². The van der Waals surface area contributed by atoms with Gasteiger partial charge in [0.2, 0.25) is 0 Å². The number of rotatable bonds is 6. The van der Waals surface area contributed by atoms with Gasteiger partial charge in [0, 0.05) is 18.9 Å². The van der Waals surface area contributed by atoms with Crippen LogP contribution in [0.5, 0.6) is 0 Å². The summed E-state index contributed by atoms with van der Waals surface area (Å²) in [7, 11) is 0. The van der Waals surface area contributed by atoms with Gasteiger partial charge in [-0.15, -0.1) is 0 Å². The van der Waals surface area contributed by atoms with Gasteiger partial charge in [0.15, 0.2) is 5.69 Å². The zero-order valence-corrected chi connectivity index (χ0v) is 13.6. The predicted octanol–water partition coefficient (Wildman–Crippen LogP) is 1.14. The summed E-state index contributed by atoms with van der Waals surface area (Å²) >= 11 is 0. The fourth-order valence-electron chi connectivity index (χ4n) is 2.88. The Morgan fingerprint density at radius 3 is 2.81 bits per heavy atom. The summed E-state index contributed by atoms with van der Waals surface area (Å²) in [5.41, 5.74) is -0.874. The molecule has 3 rings (SSSR count). The molecule has 1 fully saturated rings. The smallest absolute Gasteiger partial charge is 0.305 e. The number of amides is 1. The number of carbonyl (C=O) groups is 2. The zero-order chi connectivity index (χ0) is 18.7. The first-order chi connectivity index (χ1) is 12.4. The van der Waals surface area contributed by atoms with Gasteiger partial charge in [-0.2, -0.15) is 5.10 Å². The summed E-state index contributed by atoms with van der Waals surface area (Å²) in [6.07, 6.45) is 1.56. The lowest BCUT2D eigenvalue weighted by Gasteiger charge is -2.26. The van der Waals surface area contributed by atoms with Gasteiger partial charge < -0.3 is 15.2 Å². The van der Waals surface area contributed by atoms with Gasteiger partial charge in [-0.25, -0.2) is 4.68 Å². The number of nitrogens with one attached hydrogen (secondary N) is 1. The summed E-state index contributed by atoms with van der Waals surface area (Å²) in [6.45, 7) is 0.466. The van der Waals surface area contributed by atoms with Crippen LogP contribution < -0.4 is 5.32 Å². The molecule has 1 aliphatic heterocycles. The largest absolute Gasteiger partial charge is 0.481 e. The normalized spacial score (nSPS) is 19.2. The Bertz CT molecular complexity index is 856. The zero-order valence-electron chi connectivity index (χ0n) is 13.6. The standard InChI is InChI=1S/C16H16N4O6/c21-14(22)9-16(6-8-26-10-16)17-15(23)11-5-7-19(18-11)12-3-1-2-4-13(12)20(24)25/h1-5,7H,6,8-10H2,(H,17,23)(H,21,22). The van der Waals surface area contributed by atoms with Crippen LogP contribution in [0.4, 0.5) is 5.69 Å². The van der Waals surface area contributed by atoms with Crippen LogP contribution in [0.15, 0.2) is 36.5 Å². The lowest BCUT2D eigenvalue weighted by atomic mass is 9.94. The van der Waals surface area contributed by atoms with Gasteiger partial charge in [-0.1, -0.05) is 12.1 Å². The van der Waals surface area contributed by atoms with Crippen molar-refractivity contribution in [3.63, 3.8) is 0 Å². The van der Waals surface area contributed by atoms with Crippen molar-refractivity contribution >= 4 is 17.6 Å². The van der Waals surface area contributed by atoms with Crippen molar-refractivity contribution < 1.29 is 24.4 Å². The first-order valence-electron chi connectivity index (χ1n) is 7.82. The van der Waals surface area contributed by atoms with E-state index in [1.165, 1.54) is 35.1 Å². The van der Waals surface area contributed by atoms with Crippen molar-refractivity contribution in [2.75, 3.05) is 13.2 Å². The van der Waals surface area contributed by atoms with Crippen molar-refractivity contribution in [3.8, 4) is 5.69 Å². The van der Waals surface area contributed by atoms with Crippen LogP contribution in [0.1, 0.15) is 23.3 Å². The van der Waals surface area contributed by atoms with E-state index in [1.807, 2.05) is 0 Å². The fourth-order valence-corrected chi connectivity index (χ4v) is 2.88. The number of hydrogen-bond acceptors (Lipinski definition) is 6. The third-order valence-electron chi connectivity index (χ3n) is 4.12. The number of nitrogens with zero attached hydrogens (tertiary/aromatic N) is 3. The van der Waals surface area contributed by atoms with Gasteiger partial charge in [0.05, 0.1) is 23.5 Å². The molecular formula is C16H16N4O6. The first kappa shape index (κ1) is 17.5. The molecule has 0 radical (unpaired) electrons. The number of hydrogen-bond donors (Lipinski definition) is 2. The quantitative estimate of drug-likeness (QED) is 0.582. The molecule has 0 aliphatic carbocycles. The summed E-state index contributed by atoms with van der Waals surface area (Å²) in [5.74, 6) is -1.60. The molecule has 2 heterocycles. The monoisotopic (exact) mass is 360 g/mol. The molecule has 1 atom stereocenters. The van der Waals surface area contributed by atoms with Crippen molar-refractivity contribution in [1.82, 2.24) is 15.1 Å². The molecule has 2 aromatic rings. The second-order valence-corrected chi connectivity index (χ2v) is 6.00. The summed E-state index contributed by atoms with van der Waals surface area (Å²) in [4.78, 5) is 34.2. The number of aromatic nitrogens is 2. The number of nitro groups is 1. The third kappa shape index (κ3) is 3.54. The molecule has 10 nitrogen and oxygen atoms in total. The molecule has 1 unspecified atom stereocenters. The number of nitro benzene ring substituents is 1. The van der Waals surface area contributed by atoms with E-state index in [0.717, 1.165) is 0 Å². The number of carboxylic acid groups (broad SMARTS) is 1. The van der Waals surface area contributed by atoms with Gasteiger partial charge in [0.1, 0.15) is 5.69 Å². The van der Waals surface area contributed by atoms with Crippen LogP contribution in [0.2, 0.25) is 0 Å². The summed E-state index contributed by atoms with van der Waals surface area (Å²) < 4.78 is 6.47. The van der Waals surface area contributed by atoms with E-state index in [9.17, 15) is 19.7 Å². The topological polar surface area (TPSA) is 137 Å². The highest BCUT2D eigenvalue weighted by Crippen LogP contribution is 2.24. The second-order valence-electron chi connectivity index (χ2n) is 6.00. The lowest BCUT2D eigenvalue weighted by molar-refractivity contribution is -0.384. The maximum atomic E-state index is 12.5. The van der Waals surface area contributed by atoms with Crippen LogP contribution in [-0.2, 0) is 9.53 Å². The van der Waals surface area contributed by atoms with E-state index in [0.29, 0.717) is 13.0 Å². The minimum Gasteiger partial charge on any atom is -0.481 e. The Hall–Kier alpha value is -3.27. The van der Waals surface area contributed by atoms with E-state index in [4.69, 9.17) is 9.84 Å². The highest BCUT2D eigenvalue weighted by atomic mass is 16.6. The molecule has 26 heavy (non-hydrogen) atoms. The molecule has 1 aliphatic rings. The Morgan fingerprint density at radius 2 is 2.15 bits per heavy atom. The number of para-hydroxylation sites is 2. The minimum atomic E-state index is -1.04. The van der Waals surface area contributed by atoms with E-state index < -0.39 is 22.3 Å². The molecule has 0 spiro atoms. The molecule has 1 aromatic heterocycles. The maximum Gasteiger partial charge on any atom is 0.305 e. The lowest BCUT2D eigenvalue weighted by Crippen LogP contribution is -2.50. The second kappa shape index (κ2) is 6.92. The number of ether oxygens (including phenoxy) is 1. The molecule has 10 heteroatoms. The SMILES string of the molecule is O=C(O)CC1(NC(=O)c2ccn(-c3ccccc3[N+](=O)[O-])n2)CCOC1. The van der Waals surface area contributed by atoms with Gasteiger partial charge in [-0.3, -0.25) is 19.7 Å². The average Bonchev–Trinajstić information content (AvgIpc) is 3.24.